The molecule has 3 aromatic carbocycles. The zero-order valence-corrected chi connectivity index (χ0v) is 23.9. The highest BCUT2D eigenvalue weighted by Crippen LogP contribution is 2.35. The van der Waals surface area contributed by atoms with Gasteiger partial charge in [-0.2, -0.15) is 0 Å². The molecule has 1 aliphatic heterocycles. The van der Waals surface area contributed by atoms with E-state index in [4.69, 9.17) is 11.6 Å². The largest absolute Gasteiger partial charge is 0.385 e. The molecule has 0 amide bonds. The summed E-state index contributed by atoms with van der Waals surface area (Å²) in [5, 5.41) is 11.8. The molecule has 37 heavy (non-hydrogen) atoms. The van der Waals surface area contributed by atoms with Gasteiger partial charge in [-0.1, -0.05) is 54.1 Å². The van der Waals surface area contributed by atoms with E-state index in [1.807, 2.05) is 36.4 Å². The summed E-state index contributed by atoms with van der Waals surface area (Å²) in [5.74, 6) is 0.0761. The van der Waals surface area contributed by atoms with E-state index in [2.05, 4.69) is 42.2 Å². The average molecular weight is 540 g/mol. The highest BCUT2D eigenvalue weighted by atomic mass is 35.5. The number of rotatable bonds is 7. The van der Waals surface area contributed by atoms with Crippen molar-refractivity contribution < 1.29 is 13.5 Å². The van der Waals surface area contributed by atoms with Crippen molar-refractivity contribution in [3.8, 4) is 0 Å². The van der Waals surface area contributed by atoms with Crippen LogP contribution in [0.4, 0.5) is 5.69 Å². The van der Waals surface area contributed by atoms with Crippen LogP contribution < -0.4 is 4.90 Å². The van der Waals surface area contributed by atoms with Crippen molar-refractivity contribution in [2.75, 3.05) is 18.0 Å². The van der Waals surface area contributed by atoms with Crippen molar-refractivity contribution in [3.63, 3.8) is 0 Å². The van der Waals surface area contributed by atoms with Gasteiger partial charge in [-0.15, -0.1) is 0 Å². The molecule has 1 heterocycles. The predicted molar refractivity (Wildman–Crippen MR) is 154 cm³/mol. The molecule has 4 nitrogen and oxygen atoms in total. The third-order valence-electron chi connectivity index (χ3n) is 7.65. The molecule has 0 radical (unpaired) electrons. The fourth-order valence-electron chi connectivity index (χ4n) is 4.90. The Kier molecular flexibility index (Phi) is 8.08. The van der Waals surface area contributed by atoms with Crippen molar-refractivity contribution in [1.82, 2.24) is 0 Å². The lowest BCUT2D eigenvalue weighted by molar-refractivity contribution is 0.0118. The third kappa shape index (κ3) is 6.57. The van der Waals surface area contributed by atoms with Crippen LogP contribution in [0.2, 0.25) is 5.02 Å². The lowest BCUT2D eigenvalue weighted by Gasteiger charge is -2.39. The third-order valence-corrected chi connectivity index (χ3v) is 10.5. The van der Waals surface area contributed by atoms with Gasteiger partial charge < -0.3 is 10.0 Å². The number of piperidine rings is 1. The van der Waals surface area contributed by atoms with E-state index in [1.54, 1.807) is 20.8 Å². The summed E-state index contributed by atoms with van der Waals surface area (Å²) in [6.07, 6.45) is 3.21. The quantitative estimate of drug-likeness (QED) is 0.366. The lowest BCUT2D eigenvalue weighted by atomic mass is 9.84. The summed E-state index contributed by atoms with van der Waals surface area (Å²) in [4.78, 5) is 2.34. The number of hydrogen-bond donors (Lipinski definition) is 1. The molecule has 0 aliphatic carbocycles. The minimum Gasteiger partial charge on any atom is -0.385 e. The summed E-state index contributed by atoms with van der Waals surface area (Å²) in [7, 11) is -3.19. The molecule has 0 saturated carbocycles. The summed E-state index contributed by atoms with van der Waals surface area (Å²) >= 11 is 6.01. The SMILES string of the molecule is Cc1cc(CS(=O)(=O)C(C)(C)C)ccc1CCc1ccc(N2CCC(O)(c3ccc(Cl)cc3)CC2)cc1. The van der Waals surface area contributed by atoms with Gasteiger partial charge in [0, 0.05) is 23.8 Å². The first-order valence-corrected chi connectivity index (χ1v) is 15.0. The lowest BCUT2D eigenvalue weighted by Crippen LogP contribution is -2.42. The minimum absolute atomic E-state index is 0.0761. The van der Waals surface area contributed by atoms with E-state index in [9.17, 15) is 13.5 Å². The fourth-order valence-corrected chi connectivity index (χ4v) is 6.08. The van der Waals surface area contributed by atoms with Crippen LogP contribution in [-0.4, -0.2) is 31.4 Å². The Morgan fingerprint density at radius 2 is 1.49 bits per heavy atom. The predicted octanol–water partition coefficient (Wildman–Crippen LogP) is 6.63. The molecular weight excluding hydrogens is 502 g/mol. The van der Waals surface area contributed by atoms with Crippen LogP contribution in [0.3, 0.4) is 0 Å². The highest BCUT2D eigenvalue weighted by Gasteiger charge is 2.34. The maximum Gasteiger partial charge on any atom is 0.159 e. The molecule has 4 rings (SSSR count). The van der Waals surface area contributed by atoms with Gasteiger partial charge in [0.05, 0.1) is 16.1 Å². The Bertz CT molecular complexity index is 1320. The standard InChI is InChI=1S/C31H38ClNO3S/c1-23-21-25(22-37(35,36)30(2,3)4)6-10-26(23)9-5-24-7-15-29(16-8-24)33-19-17-31(34,18-20-33)27-11-13-28(32)14-12-27/h6-8,10-16,21,34H,5,9,17-20,22H2,1-4H3. The topological polar surface area (TPSA) is 57.6 Å². The monoisotopic (exact) mass is 539 g/mol. The van der Waals surface area contributed by atoms with Gasteiger partial charge in [-0.3, -0.25) is 0 Å². The molecule has 0 atom stereocenters. The first-order chi connectivity index (χ1) is 17.4. The molecule has 0 spiro atoms. The van der Waals surface area contributed by atoms with E-state index in [-0.39, 0.29) is 5.75 Å². The van der Waals surface area contributed by atoms with Crippen LogP contribution in [-0.2, 0) is 34.0 Å². The van der Waals surface area contributed by atoms with Crippen LogP contribution in [0.1, 0.15) is 61.4 Å². The van der Waals surface area contributed by atoms with Gasteiger partial charge in [0.1, 0.15) is 0 Å². The fraction of sp³-hybridized carbons (Fsp3) is 0.419. The molecule has 0 bridgehead atoms. The molecule has 1 fully saturated rings. The Hall–Kier alpha value is -2.34. The van der Waals surface area contributed by atoms with E-state index >= 15 is 0 Å². The number of nitrogens with zero attached hydrogens (tertiary/aromatic N) is 1. The maximum absolute atomic E-state index is 12.6. The van der Waals surface area contributed by atoms with Crippen molar-refractivity contribution in [3.05, 3.63) is 99.6 Å². The van der Waals surface area contributed by atoms with Gasteiger partial charge in [-0.25, -0.2) is 8.42 Å². The van der Waals surface area contributed by atoms with Gasteiger partial charge in [0.2, 0.25) is 0 Å². The molecule has 0 aromatic heterocycles. The van der Waals surface area contributed by atoms with Gasteiger partial charge >= 0.3 is 0 Å². The minimum atomic E-state index is -3.19. The first-order valence-electron chi connectivity index (χ1n) is 13.0. The molecule has 198 valence electrons. The summed E-state index contributed by atoms with van der Waals surface area (Å²) in [5.41, 5.74) is 5.83. The van der Waals surface area contributed by atoms with Crippen molar-refractivity contribution in [2.45, 2.75) is 69.5 Å². The first kappa shape index (κ1) is 27.7. The molecule has 0 unspecified atom stereocenters. The molecule has 1 aliphatic rings. The molecular formula is C31H38ClNO3S. The number of benzene rings is 3. The Labute approximate surface area is 227 Å². The normalized spacial score (nSPS) is 16.1. The molecule has 1 N–H and O–H groups in total. The number of sulfone groups is 1. The van der Waals surface area contributed by atoms with E-state index in [0.717, 1.165) is 42.6 Å². The number of aryl methyl sites for hydroxylation is 3. The number of anilines is 1. The van der Waals surface area contributed by atoms with E-state index in [1.165, 1.54) is 16.8 Å². The van der Waals surface area contributed by atoms with Crippen LogP contribution in [0.5, 0.6) is 0 Å². The second-order valence-corrected chi connectivity index (χ2v) is 14.5. The second kappa shape index (κ2) is 10.8. The smallest absolute Gasteiger partial charge is 0.159 e. The van der Waals surface area contributed by atoms with Crippen molar-refractivity contribution in [2.24, 2.45) is 0 Å². The van der Waals surface area contributed by atoms with Crippen LogP contribution in [0, 0.1) is 6.92 Å². The van der Waals surface area contributed by atoms with Gasteiger partial charge in [-0.05, 0) is 105 Å². The summed E-state index contributed by atoms with van der Waals surface area (Å²) < 4.78 is 24.4. The van der Waals surface area contributed by atoms with E-state index in [0.29, 0.717) is 17.9 Å². The Morgan fingerprint density at radius 1 is 0.892 bits per heavy atom. The average Bonchev–Trinajstić information content (AvgIpc) is 2.84. The van der Waals surface area contributed by atoms with Crippen molar-refractivity contribution >= 4 is 27.1 Å². The highest BCUT2D eigenvalue weighted by molar-refractivity contribution is 7.91. The zero-order valence-electron chi connectivity index (χ0n) is 22.3. The molecule has 1 saturated heterocycles. The van der Waals surface area contributed by atoms with Crippen LogP contribution in [0.15, 0.2) is 66.7 Å². The number of aliphatic hydroxyl groups is 1. The summed E-state index contributed by atoms with van der Waals surface area (Å²) in [6.45, 7) is 8.92. The Balaban J connectivity index is 1.32. The van der Waals surface area contributed by atoms with Crippen LogP contribution in [0.25, 0.3) is 0 Å². The van der Waals surface area contributed by atoms with Crippen molar-refractivity contribution in [1.29, 1.82) is 0 Å². The van der Waals surface area contributed by atoms with E-state index < -0.39 is 20.2 Å². The molecule has 3 aromatic rings. The zero-order chi connectivity index (χ0) is 26.8. The molecule has 6 heteroatoms. The summed E-state index contributed by atoms with van der Waals surface area (Å²) in [6, 6.07) is 22.3. The Morgan fingerprint density at radius 3 is 2.05 bits per heavy atom. The number of hydrogen-bond acceptors (Lipinski definition) is 4. The number of halogens is 1. The second-order valence-electron chi connectivity index (χ2n) is 11.3. The maximum atomic E-state index is 12.6. The van der Waals surface area contributed by atoms with Gasteiger partial charge in [0.15, 0.2) is 9.84 Å². The van der Waals surface area contributed by atoms with Crippen LogP contribution >= 0.6 is 11.6 Å². The van der Waals surface area contributed by atoms with Gasteiger partial charge in [0.25, 0.3) is 0 Å².